The summed E-state index contributed by atoms with van der Waals surface area (Å²) in [5, 5.41) is 6.08. The maximum atomic E-state index is 12.3. The second kappa shape index (κ2) is 7.19. The lowest BCUT2D eigenvalue weighted by Crippen LogP contribution is -2.41. The maximum absolute atomic E-state index is 12.3. The third-order valence-electron chi connectivity index (χ3n) is 3.96. The lowest BCUT2D eigenvalue weighted by atomic mass is 10.1. The van der Waals surface area contributed by atoms with Gasteiger partial charge in [0, 0.05) is 19.2 Å². The van der Waals surface area contributed by atoms with Crippen molar-refractivity contribution in [1.82, 2.24) is 15.1 Å². The summed E-state index contributed by atoms with van der Waals surface area (Å²) in [5.74, 6) is -0.150. The fourth-order valence-corrected chi connectivity index (χ4v) is 2.64. The molecule has 0 spiro atoms. The molecule has 1 N–H and O–H groups in total. The molecule has 3 rings (SSSR count). The summed E-state index contributed by atoms with van der Waals surface area (Å²) in [7, 11) is 0. The van der Waals surface area contributed by atoms with E-state index in [-0.39, 0.29) is 23.3 Å². The van der Waals surface area contributed by atoms with Gasteiger partial charge in [0.15, 0.2) is 0 Å². The molecule has 0 aliphatic carbocycles. The number of ether oxygens (including phenoxy) is 1. The lowest BCUT2D eigenvalue weighted by Gasteiger charge is -2.31. The summed E-state index contributed by atoms with van der Waals surface area (Å²) in [6.07, 6.45) is 1.78. The predicted octanol–water partition coefficient (Wildman–Crippen LogP) is 1.59. The molecule has 0 bridgehead atoms. The minimum Gasteiger partial charge on any atom is -0.373 e. The highest BCUT2D eigenvalue weighted by molar-refractivity contribution is 5.92. The number of amides is 1. The van der Waals surface area contributed by atoms with E-state index in [1.807, 2.05) is 30.3 Å². The van der Waals surface area contributed by atoms with E-state index in [0.29, 0.717) is 19.7 Å². The van der Waals surface area contributed by atoms with Crippen molar-refractivity contribution in [1.29, 1.82) is 0 Å². The molecule has 6 nitrogen and oxygen atoms in total. The number of aromatic amines is 1. The number of H-pyrrole nitrogens is 1. The molecule has 1 fully saturated rings. The van der Waals surface area contributed by atoms with Crippen molar-refractivity contribution < 1.29 is 9.53 Å². The maximum Gasteiger partial charge on any atom is 0.274 e. The molecule has 0 atom stereocenters. The zero-order valence-corrected chi connectivity index (χ0v) is 12.8. The number of hydrogen-bond donors (Lipinski definition) is 1. The molecule has 6 heteroatoms. The molecule has 1 saturated heterocycles. The molecule has 1 amide bonds. The zero-order valence-electron chi connectivity index (χ0n) is 12.8. The largest absolute Gasteiger partial charge is 0.373 e. The highest BCUT2D eigenvalue weighted by Crippen LogP contribution is 2.17. The van der Waals surface area contributed by atoms with Gasteiger partial charge < -0.3 is 9.64 Å². The number of piperidine rings is 1. The third-order valence-corrected chi connectivity index (χ3v) is 3.96. The number of benzene rings is 1. The van der Waals surface area contributed by atoms with Crippen LogP contribution in [-0.2, 0) is 11.3 Å². The first kappa shape index (κ1) is 15.4. The Morgan fingerprint density at radius 2 is 1.91 bits per heavy atom. The van der Waals surface area contributed by atoms with Gasteiger partial charge in [-0.05, 0) is 24.5 Å². The number of carbonyl (C=O) groups excluding carboxylic acids is 1. The standard InChI is InChI=1S/C17H19N3O3/c21-16-7-6-15(18-19-16)17(22)20-10-8-14(9-11-20)23-12-13-4-2-1-3-5-13/h1-7,14H,8-12H2,(H,19,21). The van der Waals surface area contributed by atoms with Crippen molar-refractivity contribution in [3.05, 3.63) is 64.1 Å². The Balaban J connectivity index is 1.49. The van der Waals surface area contributed by atoms with Gasteiger partial charge in [-0.15, -0.1) is 0 Å². The van der Waals surface area contributed by atoms with Crippen LogP contribution in [0.25, 0.3) is 0 Å². The summed E-state index contributed by atoms with van der Waals surface area (Å²) in [5.41, 5.74) is 1.12. The Hall–Kier alpha value is -2.47. The van der Waals surface area contributed by atoms with E-state index >= 15 is 0 Å². The van der Waals surface area contributed by atoms with E-state index in [2.05, 4.69) is 10.2 Å². The first-order valence-electron chi connectivity index (χ1n) is 7.73. The Labute approximate surface area is 134 Å². The van der Waals surface area contributed by atoms with Crippen molar-refractivity contribution in [3.8, 4) is 0 Å². The summed E-state index contributed by atoms with van der Waals surface area (Å²) in [6.45, 7) is 1.87. The average Bonchev–Trinajstić information content (AvgIpc) is 2.61. The predicted molar refractivity (Wildman–Crippen MR) is 85.0 cm³/mol. The van der Waals surface area contributed by atoms with Crippen LogP contribution in [0, 0.1) is 0 Å². The van der Waals surface area contributed by atoms with Crippen LogP contribution < -0.4 is 5.56 Å². The third kappa shape index (κ3) is 4.04. The van der Waals surface area contributed by atoms with E-state index in [1.165, 1.54) is 12.1 Å². The normalized spacial score (nSPS) is 15.6. The molecule has 2 aromatic rings. The number of carbonyl (C=O) groups is 1. The van der Waals surface area contributed by atoms with Gasteiger partial charge in [0.2, 0.25) is 0 Å². The Morgan fingerprint density at radius 3 is 2.57 bits per heavy atom. The van der Waals surface area contributed by atoms with Crippen LogP contribution in [-0.4, -0.2) is 40.2 Å². The van der Waals surface area contributed by atoms with E-state index in [0.717, 1.165) is 18.4 Å². The molecule has 1 aliphatic heterocycles. The first-order valence-corrected chi connectivity index (χ1v) is 7.73. The van der Waals surface area contributed by atoms with Crippen molar-refractivity contribution >= 4 is 5.91 Å². The van der Waals surface area contributed by atoms with E-state index < -0.39 is 0 Å². The SMILES string of the molecule is O=C(c1ccc(=O)[nH]n1)N1CCC(OCc2ccccc2)CC1. The molecule has 23 heavy (non-hydrogen) atoms. The Kier molecular flexibility index (Phi) is 4.83. The van der Waals surface area contributed by atoms with Gasteiger partial charge in [-0.1, -0.05) is 30.3 Å². The quantitative estimate of drug-likeness (QED) is 0.930. The van der Waals surface area contributed by atoms with Crippen LogP contribution in [0.3, 0.4) is 0 Å². The number of hydrogen-bond acceptors (Lipinski definition) is 4. The summed E-state index contributed by atoms with van der Waals surface area (Å²) in [6, 6.07) is 12.8. The molecular formula is C17H19N3O3. The molecule has 2 heterocycles. The number of rotatable bonds is 4. The Bertz CT molecular complexity index is 686. The summed E-state index contributed by atoms with van der Waals surface area (Å²) in [4.78, 5) is 25.0. The molecule has 1 aliphatic rings. The van der Waals surface area contributed by atoms with Crippen molar-refractivity contribution in [2.45, 2.75) is 25.6 Å². The fourth-order valence-electron chi connectivity index (χ4n) is 2.64. The van der Waals surface area contributed by atoms with Crippen LogP contribution in [0.2, 0.25) is 0 Å². The number of nitrogens with one attached hydrogen (secondary N) is 1. The topological polar surface area (TPSA) is 75.3 Å². The average molecular weight is 313 g/mol. The molecule has 1 aromatic heterocycles. The van der Waals surface area contributed by atoms with Crippen molar-refractivity contribution in [2.24, 2.45) is 0 Å². The molecular weight excluding hydrogens is 294 g/mol. The second-order valence-corrected chi connectivity index (χ2v) is 5.59. The molecule has 0 saturated carbocycles. The first-order chi connectivity index (χ1) is 11.2. The number of likely N-dealkylation sites (tertiary alicyclic amines) is 1. The van der Waals surface area contributed by atoms with E-state index in [9.17, 15) is 9.59 Å². The van der Waals surface area contributed by atoms with Gasteiger partial charge in [-0.3, -0.25) is 9.59 Å². The summed E-state index contributed by atoms with van der Waals surface area (Å²) >= 11 is 0. The van der Waals surface area contributed by atoms with Gasteiger partial charge in [0.1, 0.15) is 5.69 Å². The van der Waals surface area contributed by atoms with Crippen LogP contribution in [0.15, 0.2) is 47.3 Å². The van der Waals surface area contributed by atoms with E-state index in [4.69, 9.17) is 4.74 Å². The molecule has 1 aromatic carbocycles. The van der Waals surface area contributed by atoms with Gasteiger partial charge in [-0.2, -0.15) is 5.10 Å². The van der Waals surface area contributed by atoms with Gasteiger partial charge in [0.05, 0.1) is 12.7 Å². The zero-order chi connectivity index (χ0) is 16.1. The summed E-state index contributed by atoms with van der Waals surface area (Å²) < 4.78 is 5.92. The van der Waals surface area contributed by atoms with Crippen LogP contribution in [0.4, 0.5) is 0 Å². The highest BCUT2D eigenvalue weighted by atomic mass is 16.5. The van der Waals surface area contributed by atoms with Gasteiger partial charge in [0.25, 0.3) is 11.5 Å². The van der Waals surface area contributed by atoms with Crippen LogP contribution in [0.5, 0.6) is 0 Å². The highest BCUT2D eigenvalue weighted by Gasteiger charge is 2.24. The lowest BCUT2D eigenvalue weighted by molar-refractivity contribution is -0.000534. The van der Waals surface area contributed by atoms with Crippen LogP contribution >= 0.6 is 0 Å². The smallest absolute Gasteiger partial charge is 0.274 e. The van der Waals surface area contributed by atoms with Crippen molar-refractivity contribution in [2.75, 3.05) is 13.1 Å². The van der Waals surface area contributed by atoms with Crippen molar-refractivity contribution in [3.63, 3.8) is 0 Å². The van der Waals surface area contributed by atoms with Gasteiger partial charge >= 0.3 is 0 Å². The fraction of sp³-hybridized carbons (Fsp3) is 0.353. The molecule has 120 valence electrons. The van der Waals surface area contributed by atoms with E-state index in [1.54, 1.807) is 4.90 Å². The van der Waals surface area contributed by atoms with Crippen LogP contribution in [0.1, 0.15) is 28.9 Å². The second-order valence-electron chi connectivity index (χ2n) is 5.59. The van der Waals surface area contributed by atoms with Gasteiger partial charge in [-0.25, -0.2) is 5.10 Å². The Morgan fingerprint density at radius 1 is 1.17 bits per heavy atom. The molecule has 0 unspecified atom stereocenters. The number of nitrogens with zero attached hydrogens (tertiary/aromatic N) is 2. The number of aromatic nitrogens is 2. The minimum atomic E-state index is -0.311. The minimum absolute atomic E-state index is 0.150. The monoisotopic (exact) mass is 313 g/mol. The molecule has 0 radical (unpaired) electrons.